The predicted molar refractivity (Wildman–Crippen MR) is 134 cm³/mol. The van der Waals surface area contributed by atoms with E-state index in [0.29, 0.717) is 13.2 Å². The average molecular weight is 476 g/mol. The van der Waals surface area contributed by atoms with Crippen molar-refractivity contribution in [3.05, 3.63) is 41.5 Å². The SMILES string of the molecule is CCOC(=O)C=Cc1ccc([C@H]2C[C@@H](O[Si](C)(C)C(C)(C)C)CN2C(=O)OC(C)(C)C)cc1. The van der Waals surface area contributed by atoms with Crippen molar-refractivity contribution in [3.8, 4) is 0 Å². The first-order valence-electron chi connectivity index (χ1n) is 11.7. The molecular formula is C26H41NO5Si. The van der Waals surface area contributed by atoms with Crippen molar-refractivity contribution >= 4 is 26.5 Å². The number of amides is 1. The molecule has 1 saturated heterocycles. The maximum absolute atomic E-state index is 13.1. The van der Waals surface area contributed by atoms with Gasteiger partial charge in [-0.2, -0.15) is 0 Å². The predicted octanol–water partition coefficient (Wildman–Crippen LogP) is 6.34. The molecule has 1 aromatic rings. The Labute approximate surface area is 200 Å². The number of rotatable bonds is 6. The van der Waals surface area contributed by atoms with Crippen LogP contribution in [0.15, 0.2) is 30.3 Å². The van der Waals surface area contributed by atoms with Crippen molar-refractivity contribution < 1.29 is 23.5 Å². The van der Waals surface area contributed by atoms with Gasteiger partial charge in [0.05, 0.1) is 18.8 Å². The Hall–Kier alpha value is -2.12. The lowest BCUT2D eigenvalue weighted by molar-refractivity contribution is -0.137. The van der Waals surface area contributed by atoms with Crippen LogP contribution in [0.3, 0.4) is 0 Å². The molecule has 0 aromatic heterocycles. The summed E-state index contributed by atoms with van der Waals surface area (Å²) < 4.78 is 17.3. The fourth-order valence-corrected chi connectivity index (χ4v) is 4.86. The Morgan fingerprint density at radius 3 is 2.21 bits per heavy atom. The molecule has 0 bridgehead atoms. The van der Waals surface area contributed by atoms with Crippen LogP contribution in [-0.4, -0.2) is 50.1 Å². The molecule has 1 aliphatic heterocycles. The third kappa shape index (κ3) is 7.71. The molecule has 1 amide bonds. The molecule has 0 N–H and O–H groups in total. The second-order valence-electron chi connectivity index (χ2n) is 11.1. The van der Waals surface area contributed by atoms with Crippen LogP contribution < -0.4 is 0 Å². The average Bonchev–Trinajstić information content (AvgIpc) is 3.08. The van der Waals surface area contributed by atoms with Gasteiger partial charge in [0, 0.05) is 12.6 Å². The van der Waals surface area contributed by atoms with E-state index in [4.69, 9.17) is 13.9 Å². The first kappa shape index (κ1) is 27.1. The van der Waals surface area contributed by atoms with Gasteiger partial charge in [0.1, 0.15) is 5.60 Å². The van der Waals surface area contributed by atoms with Crippen LogP contribution in [0.4, 0.5) is 4.79 Å². The van der Waals surface area contributed by atoms with Crippen LogP contribution in [0.5, 0.6) is 0 Å². The third-order valence-electron chi connectivity index (χ3n) is 6.18. The zero-order valence-electron chi connectivity index (χ0n) is 21.7. The van der Waals surface area contributed by atoms with Gasteiger partial charge in [-0.3, -0.25) is 4.90 Å². The summed E-state index contributed by atoms with van der Waals surface area (Å²) in [6, 6.07) is 7.77. The van der Waals surface area contributed by atoms with Crippen LogP contribution in [0.2, 0.25) is 18.1 Å². The van der Waals surface area contributed by atoms with Gasteiger partial charge < -0.3 is 13.9 Å². The third-order valence-corrected chi connectivity index (χ3v) is 10.7. The van der Waals surface area contributed by atoms with Crippen molar-refractivity contribution in [1.82, 2.24) is 4.90 Å². The van der Waals surface area contributed by atoms with Crippen LogP contribution in [0, 0.1) is 0 Å². The summed E-state index contributed by atoms with van der Waals surface area (Å²) in [5.74, 6) is -0.362. The minimum absolute atomic E-state index is 0.0354. The van der Waals surface area contributed by atoms with Gasteiger partial charge in [-0.15, -0.1) is 0 Å². The second-order valence-corrected chi connectivity index (χ2v) is 15.9. The van der Waals surface area contributed by atoms with Crippen molar-refractivity contribution in [1.29, 1.82) is 0 Å². The molecule has 0 unspecified atom stereocenters. The molecule has 1 aliphatic rings. The number of ether oxygens (including phenoxy) is 2. The van der Waals surface area contributed by atoms with Gasteiger partial charge >= 0.3 is 12.1 Å². The van der Waals surface area contributed by atoms with Gasteiger partial charge in [0.25, 0.3) is 0 Å². The molecule has 1 aromatic carbocycles. The molecule has 1 heterocycles. The van der Waals surface area contributed by atoms with Gasteiger partial charge in [-0.25, -0.2) is 9.59 Å². The Kier molecular flexibility index (Phi) is 8.57. The van der Waals surface area contributed by atoms with Gasteiger partial charge in [-0.1, -0.05) is 45.0 Å². The number of hydrogen-bond acceptors (Lipinski definition) is 5. The van der Waals surface area contributed by atoms with E-state index < -0.39 is 13.9 Å². The fraction of sp³-hybridized carbons (Fsp3) is 0.615. The first-order chi connectivity index (χ1) is 15.1. The van der Waals surface area contributed by atoms with E-state index in [1.54, 1.807) is 17.9 Å². The number of esters is 1. The Morgan fingerprint density at radius 1 is 1.09 bits per heavy atom. The highest BCUT2D eigenvalue weighted by Gasteiger charge is 2.44. The molecule has 0 spiro atoms. The summed E-state index contributed by atoms with van der Waals surface area (Å²) in [6.07, 6.45) is 3.52. The highest BCUT2D eigenvalue weighted by atomic mass is 28.4. The van der Waals surface area contributed by atoms with Gasteiger partial charge in [-0.05, 0) is 69.5 Å². The van der Waals surface area contributed by atoms with Crippen LogP contribution in [-0.2, 0) is 18.7 Å². The summed E-state index contributed by atoms with van der Waals surface area (Å²) >= 11 is 0. The number of carbonyl (C=O) groups is 2. The van der Waals surface area contributed by atoms with E-state index in [9.17, 15) is 9.59 Å². The Balaban J connectivity index is 2.24. The van der Waals surface area contributed by atoms with Crippen LogP contribution in [0.1, 0.15) is 72.1 Å². The highest BCUT2D eigenvalue weighted by Crippen LogP contribution is 2.41. The highest BCUT2D eigenvalue weighted by molar-refractivity contribution is 6.74. The summed E-state index contributed by atoms with van der Waals surface area (Å²) in [6.45, 7) is 19.4. The molecule has 2 rings (SSSR count). The molecule has 0 radical (unpaired) electrons. The number of likely N-dealkylation sites (tertiary alicyclic amines) is 1. The van der Waals surface area contributed by atoms with Gasteiger partial charge in [0.15, 0.2) is 8.32 Å². The molecule has 33 heavy (non-hydrogen) atoms. The monoisotopic (exact) mass is 475 g/mol. The summed E-state index contributed by atoms with van der Waals surface area (Å²) in [7, 11) is -1.98. The molecule has 6 nitrogen and oxygen atoms in total. The molecule has 0 saturated carbocycles. The van der Waals surface area contributed by atoms with Gasteiger partial charge in [0.2, 0.25) is 0 Å². The van der Waals surface area contributed by atoms with Crippen molar-refractivity contribution in [3.63, 3.8) is 0 Å². The number of carbonyl (C=O) groups excluding carboxylic acids is 2. The molecule has 2 atom stereocenters. The van der Waals surface area contributed by atoms with Crippen LogP contribution in [0.25, 0.3) is 6.08 Å². The van der Waals surface area contributed by atoms with E-state index >= 15 is 0 Å². The first-order valence-corrected chi connectivity index (χ1v) is 14.7. The maximum Gasteiger partial charge on any atom is 0.410 e. The molecule has 0 aliphatic carbocycles. The van der Waals surface area contributed by atoms with E-state index in [0.717, 1.165) is 17.5 Å². The van der Waals surface area contributed by atoms with E-state index in [2.05, 4.69) is 33.9 Å². The lowest BCUT2D eigenvalue weighted by Gasteiger charge is -2.38. The number of hydrogen-bond donors (Lipinski definition) is 0. The summed E-state index contributed by atoms with van der Waals surface area (Å²) in [5.41, 5.74) is 1.35. The lowest BCUT2D eigenvalue weighted by atomic mass is 10.0. The molecule has 7 heteroatoms. The van der Waals surface area contributed by atoms with Crippen molar-refractivity contribution in [2.24, 2.45) is 0 Å². The van der Waals surface area contributed by atoms with E-state index in [-0.39, 0.29) is 29.2 Å². The quantitative estimate of drug-likeness (QED) is 0.273. The largest absolute Gasteiger partial charge is 0.463 e. The number of nitrogens with zero attached hydrogens (tertiary/aromatic N) is 1. The second kappa shape index (κ2) is 10.4. The Morgan fingerprint density at radius 2 is 1.70 bits per heavy atom. The maximum atomic E-state index is 13.1. The molecular weight excluding hydrogens is 434 g/mol. The van der Waals surface area contributed by atoms with Crippen molar-refractivity contribution in [2.75, 3.05) is 13.2 Å². The lowest BCUT2D eigenvalue weighted by Crippen LogP contribution is -2.45. The zero-order chi connectivity index (χ0) is 25.0. The zero-order valence-corrected chi connectivity index (χ0v) is 22.7. The molecule has 1 fully saturated rings. The molecule has 184 valence electrons. The topological polar surface area (TPSA) is 65.1 Å². The minimum Gasteiger partial charge on any atom is -0.463 e. The van der Waals surface area contributed by atoms with E-state index in [1.807, 2.05) is 45.0 Å². The normalized spacial score (nSPS) is 19.7. The minimum atomic E-state index is -1.98. The van der Waals surface area contributed by atoms with E-state index in [1.165, 1.54) is 6.08 Å². The fourth-order valence-electron chi connectivity index (χ4n) is 3.50. The summed E-state index contributed by atoms with van der Waals surface area (Å²) in [4.78, 5) is 26.4. The summed E-state index contributed by atoms with van der Waals surface area (Å²) in [5, 5.41) is 0.0920. The standard InChI is InChI=1S/C26H41NO5Si/c1-10-30-23(28)16-13-19-11-14-20(15-12-19)22-17-21(32-33(8,9)26(5,6)7)18-27(22)24(29)31-25(2,3)4/h11-16,21-22H,10,17-18H2,1-9H3/t21-,22-/m1/s1. The Bertz CT molecular complexity index is 849. The smallest absolute Gasteiger partial charge is 0.410 e. The number of benzene rings is 1. The van der Waals surface area contributed by atoms with Crippen molar-refractivity contribution in [2.45, 2.75) is 90.8 Å². The van der Waals surface area contributed by atoms with Crippen LogP contribution >= 0.6 is 0 Å².